The molecule has 8 aliphatic heterocycles. The Hall–Kier alpha value is -17.0. The van der Waals surface area contributed by atoms with Crippen molar-refractivity contribution in [3.05, 3.63) is 215 Å². The van der Waals surface area contributed by atoms with Crippen LogP contribution in [0.25, 0.3) is 45.0 Å². The van der Waals surface area contributed by atoms with E-state index in [1.165, 1.54) is 63.5 Å². The summed E-state index contributed by atoms with van der Waals surface area (Å²) in [5, 5.41) is 63.4. The van der Waals surface area contributed by atoms with Gasteiger partial charge in [0.05, 0.1) is 158 Å². The van der Waals surface area contributed by atoms with Crippen molar-refractivity contribution in [2.45, 2.75) is 100 Å². The van der Waals surface area contributed by atoms with Gasteiger partial charge in [-0.1, -0.05) is 0 Å². The maximum Gasteiger partial charge on any atom is 0.259 e. The molecule has 6 N–H and O–H groups in total. The number of aliphatic hydroxyl groups excluding tert-OH is 1. The number of benzene rings is 4. The minimum Gasteiger partial charge on any atom is -0.489 e. The van der Waals surface area contributed by atoms with Crippen molar-refractivity contribution in [3.63, 3.8) is 0 Å². The van der Waals surface area contributed by atoms with Gasteiger partial charge < -0.3 is 113 Å². The van der Waals surface area contributed by atoms with Crippen LogP contribution in [0.15, 0.2) is 171 Å². The van der Waals surface area contributed by atoms with E-state index < -0.39 is 0 Å². The third-order valence-electron chi connectivity index (χ3n) is 25.8. The first-order chi connectivity index (χ1) is 73.2. The fraction of sp³-hybridized carbons (Fsp3) is 0.364. The normalized spacial score (nSPS) is 17.5. The van der Waals surface area contributed by atoms with E-state index in [0.29, 0.717) is 222 Å². The van der Waals surface area contributed by atoms with Crippen LogP contribution in [0.1, 0.15) is 121 Å². The summed E-state index contributed by atoms with van der Waals surface area (Å²) in [7, 11) is 10.8. The van der Waals surface area contributed by atoms with Crippen LogP contribution < -0.4 is 64.5 Å². The number of ether oxygens (including phenoxy) is 14. The number of aliphatic hydroxyl groups is 1. The molecular formula is C107H110N24O19. The molecule has 21 rings (SSSR count). The lowest BCUT2D eigenvalue weighted by Gasteiger charge is -2.47. The van der Waals surface area contributed by atoms with Gasteiger partial charge in [0.2, 0.25) is 23.5 Å². The second kappa shape index (κ2) is 49.9. The molecule has 4 aromatic carbocycles. The Morgan fingerprint density at radius 3 is 0.993 bits per heavy atom. The van der Waals surface area contributed by atoms with E-state index in [-0.39, 0.29) is 109 Å². The number of aromatic nitrogens is 12. The number of piperidine rings is 1. The van der Waals surface area contributed by atoms with Gasteiger partial charge in [0.25, 0.3) is 23.6 Å². The molecule has 9 aliphatic rings. The molecule has 43 nitrogen and oxygen atoms in total. The number of methoxy groups -OCH3 is 4. The predicted octanol–water partition coefficient (Wildman–Crippen LogP) is 12.6. The number of rotatable bonds is 31. The molecule has 4 atom stereocenters. The van der Waals surface area contributed by atoms with Crippen LogP contribution in [-0.2, 0) is 28.4 Å². The largest absolute Gasteiger partial charge is 0.489 e. The molecule has 1 saturated carbocycles. The fourth-order valence-corrected chi connectivity index (χ4v) is 17.7. The van der Waals surface area contributed by atoms with Gasteiger partial charge in [0.15, 0.2) is 0 Å². The van der Waals surface area contributed by atoms with Crippen LogP contribution in [-0.4, -0.2) is 288 Å². The summed E-state index contributed by atoms with van der Waals surface area (Å²) in [6.45, 7) is 7.89. The van der Waals surface area contributed by atoms with Gasteiger partial charge in [0, 0.05) is 163 Å². The number of carbonyl (C=O) groups is 4. The van der Waals surface area contributed by atoms with Crippen LogP contribution in [0, 0.1) is 57.2 Å². The molecule has 772 valence electrons. The molecule has 16 heterocycles. The number of morpholine rings is 1. The molecule has 12 aromatic rings. The maximum absolute atomic E-state index is 13.1. The monoisotopic (exact) mass is 2030 g/mol. The first-order valence-electron chi connectivity index (χ1n) is 48.9. The van der Waals surface area contributed by atoms with Crippen molar-refractivity contribution in [1.82, 2.24) is 79.8 Å². The number of anilines is 8. The van der Waals surface area contributed by atoms with E-state index in [1.54, 1.807) is 147 Å². The van der Waals surface area contributed by atoms with E-state index in [9.17, 15) is 40.2 Å². The van der Waals surface area contributed by atoms with Gasteiger partial charge in [-0.3, -0.25) is 19.2 Å². The third-order valence-corrected chi connectivity index (χ3v) is 25.8. The zero-order chi connectivity index (χ0) is 105. The standard InChI is InChI=1S/2C28H28N6O5.C26H28N6O5.C25H26N6O4/c1-36-27-22(28(35)34-14-20-11-21(15-34)38-20)3-5-25(33-27)32-26-12-23(30-16-31-26)17-2-4-24(18(10-17)13-29)39-19-6-8-37-9-7-19;1-36-28-19(27(35)34-26-20-13-38-14-21(20)26)3-5-24(33-28)32-25-11-22(30-15-31-25)16-2-4-23(17(10-16)12-29)39-18-6-8-37-9-7-18;1-32(9-10-33)26(34)20-4-6-23(31-25(20)35-2)30-24-14-21(28-16-29-24)17-3-5-22(18(13-17)15-27)37-19-7-11-36-12-8-19;1-31(2)25(32)19-5-7-22(30-24(19)33-3)29-23-13-20(27-15-28-23)16-4-6-21(17(12-16)14-26)35-18-8-10-34-11-9-18/h2-5,10,12,16,19-21H,6-9,11,14-15H2,1H3,(H,30,31,32,33);2-5,10-11,15,18,20-21,26H,6-9,13-14H2,1H3,(H,34,35)(H,30,31,32,33);3-6,13-14,16,19,33H,7-12H2,1-2H3,(H,28,29,30,31);4-7,12-13,15,18H,8-11H2,1-3H3,(H,27,28,29,30). The number of hydrogen-bond acceptors (Lipinski definition) is 39. The Balaban J connectivity index is 0.000000136. The van der Waals surface area contributed by atoms with Crippen molar-refractivity contribution in [1.29, 1.82) is 21.0 Å². The first-order valence-corrected chi connectivity index (χ1v) is 48.9. The molecular weight excluding hydrogens is 1930 g/mol. The Bertz CT molecular complexity index is 7000. The average Bonchev–Trinajstić information content (AvgIpc) is 1.59. The molecule has 150 heavy (non-hydrogen) atoms. The van der Waals surface area contributed by atoms with Crippen molar-refractivity contribution in [2.24, 2.45) is 11.8 Å². The van der Waals surface area contributed by atoms with Gasteiger partial charge in [-0.05, 0) is 121 Å². The van der Waals surface area contributed by atoms with E-state index in [4.69, 9.17) is 71.4 Å². The Morgan fingerprint density at radius 1 is 0.387 bits per heavy atom. The molecule has 2 bridgehead atoms. The topological polar surface area (TPSA) is 537 Å². The minimum atomic E-state index is -0.313. The number of nitriles is 4. The van der Waals surface area contributed by atoms with Crippen LogP contribution >= 0.6 is 0 Å². The number of likely N-dealkylation sites (N-methyl/N-ethyl adjacent to an activating group) is 1. The average molecular weight is 2040 g/mol. The molecule has 0 spiro atoms. The zero-order valence-electron chi connectivity index (χ0n) is 83.4. The first kappa shape index (κ1) is 104. The smallest absolute Gasteiger partial charge is 0.259 e. The summed E-state index contributed by atoms with van der Waals surface area (Å²) in [6.07, 6.45) is 13.5. The lowest BCUT2D eigenvalue weighted by molar-refractivity contribution is -0.171. The molecule has 8 aromatic heterocycles. The number of fused-ring (bicyclic) bond motifs is 3. The quantitative estimate of drug-likeness (QED) is 0.0235. The van der Waals surface area contributed by atoms with Crippen LogP contribution in [0.4, 0.5) is 46.5 Å². The van der Waals surface area contributed by atoms with E-state index in [2.05, 4.69) is 111 Å². The lowest BCUT2D eigenvalue weighted by atomic mass is 9.98. The summed E-state index contributed by atoms with van der Waals surface area (Å²) in [6, 6.07) is 51.1. The van der Waals surface area contributed by atoms with Crippen molar-refractivity contribution in [3.8, 4) is 116 Å². The van der Waals surface area contributed by atoms with E-state index in [0.717, 1.165) is 80.0 Å². The highest BCUT2D eigenvalue weighted by Crippen LogP contribution is 2.45. The maximum atomic E-state index is 13.1. The molecule has 9 fully saturated rings. The Labute approximate surface area is 863 Å². The predicted molar refractivity (Wildman–Crippen MR) is 543 cm³/mol. The molecule has 4 unspecified atom stereocenters. The number of amides is 4. The van der Waals surface area contributed by atoms with E-state index >= 15 is 0 Å². The Morgan fingerprint density at radius 2 is 0.687 bits per heavy atom. The van der Waals surface area contributed by atoms with Crippen LogP contribution in [0.3, 0.4) is 0 Å². The number of pyridine rings is 4. The SMILES string of the molecule is COc1nc(Nc2cc(-c3ccc(OC4CCOCC4)c(C#N)c3)ncn2)ccc1C(=O)N(C)C.COc1nc(Nc2cc(-c3ccc(OC4CCOCC4)c(C#N)c3)ncn2)ccc1C(=O)N(C)CCO.COc1nc(Nc2cc(-c3ccc(OC4CCOCC4)c(C#N)c3)ncn2)ccc1C(=O)N1CC2CC(C1)O2.COc1nc(Nc2cc(-c3ccc(OC4CCOCC4)c(C#N)c3)ncn2)ccc1C(=O)NC1C2COCC21. The van der Waals surface area contributed by atoms with Gasteiger partial charge in [-0.2, -0.15) is 41.0 Å². The highest BCUT2D eigenvalue weighted by atomic mass is 16.5. The number of hydrogen-bond donors (Lipinski definition) is 6. The second-order valence-electron chi connectivity index (χ2n) is 36.0. The summed E-state index contributed by atoms with van der Waals surface area (Å²) >= 11 is 0. The zero-order valence-corrected chi connectivity index (χ0v) is 83.4. The summed E-state index contributed by atoms with van der Waals surface area (Å²) in [4.78, 5) is 108. The highest BCUT2D eigenvalue weighted by molar-refractivity contribution is 5.99. The van der Waals surface area contributed by atoms with Crippen molar-refractivity contribution >= 4 is 70.2 Å². The van der Waals surface area contributed by atoms with Gasteiger partial charge in [0.1, 0.15) is 166 Å². The van der Waals surface area contributed by atoms with E-state index in [1.807, 2.05) is 24.3 Å². The van der Waals surface area contributed by atoms with Gasteiger partial charge in [-0.15, -0.1) is 0 Å². The summed E-state index contributed by atoms with van der Waals surface area (Å²) in [5.41, 5.74) is 8.64. The molecule has 43 heteroatoms. The minimum absolute atomic E-state index is 0.0304. The van der Waals surface area contributed by atoms with Gasteiger partial charge in [-0.25, -0.2) is 39.9 Å². The van der Waals surface area contributed by atoms with Gasteiger partial charge >= 0.3 is 0 Å². The van der Waals surface area contributed by atoms with Crippen LogP contribution in [0.5, 0.6) is 46.5 Å². The molecule has 4 amide bonds. The number of nitrogens with one attached hydrogen (secondary N) is 5. The molecule has 1 aliphatic carbocycles. The third kappa shape index (κ3) is 26.3. The summed E-state index contributed by atoms with van der Waals surface area (Å²) < 4.78 is 78.2. The second-order valence-corrected chi connectivity index (χ2v) is 36.0. The fourth-order valence-electron chi connectivity index (χ4n) is 17.7. The number of carbonyl (C=O) groups excluding carboxylic acids is 4. The van der Waals surface area contributed by atoms with Crippen molar-refractivity contribution in [2.75, 3.05) is 163 Å². The Kier molecular flexibility index (Phi) is 34.7. The van der Waals surface area contributed by atoms with Crippen molar-refractivity contribution < 1.29 is 90.6 Å². The molecule has 8 saturated heterocycles. The molecule has 0 radical (unpaired) electrons. The number of nitrogens with zero attached hydrogens (tertiary/aromatic N) is 19. The highest BCUT2D eigenvalue weighted by Gasteiger charge is 2.55. The summed E-state index contributed by atoms with van der Waals surface area (Å²) in [5.74, 6) is 6.74. The lowest BCUT2D eigenvalue weighted by Crippen LogP contribution is -2.58. The van der Waals surface area contributed by atoms with Crippen LogP contribution in [0.2, 0.25) is 0 Å².